The summed E-state index contributed by atoms with van der Waals surface area (Å²) in [5, 5.41) is 7.10. The van der Waals surface area contributed by atoms with Crippen molar-refractivity contribution in [1.29, 1.82) is 0 Å². The molecule has 0 fully saturated rings. The number of rotatable bonds is 6. The van der Waals surface area contributed by atoms with Crippen molar-refractivity contribution in [1.82, 2.24) is 9.59 Å². The SMILES string of the molecule is CCOC(=O)c1nnsc1/N=C/Nc1cccc(OC)c1. The van der Waals surface area contributed by atoms with Gasteiger partial charge in [0, 0.05) is 23.3 Å². The number of hydrogen-bond donors (Lipinski definition) is 1. The van der Waals surface area contributed by atoms with Crippen molar-refractivity contribution in [3.8, 4) is 5.75 Å². The molecule has 0 saturated carbocycles. The van der Waals surface area contributed by atoms with E-state index in [4.69, 9.17) is 9.47 Å². The second-order valence-electron chi connectivity index (χ2n) is 3.78. The fourth-order valence-electron chi connectivity index (χ4n) is 1.48. The molecule has 2 rings (SSSR count). The van der Waals surface area contributed by atoms with Crippen LogP contribution in [0.2, 0.25) is 0 Å². The Hall–Kier alpha value is -2.48. The smallest absolute Gasteiger partial charge is 0.362 e. The summed E-state index contributed by atoms with van der Waals surface area (Å²) in [5.41, 5.74) is 0.929. The highest BCUT2D eigenvalue weighted by atomic mass is 32.1. The van der Waals surface area contributed by atoms with Gasteiger partial charge in [0.05, 0.1) is 20.1 Å². The Balaban J connectivity index is 2.04. The zero-order valence-corrected chi connectivity index (χ0v) is 12.4. The van der Waals surface area contributed by atoms with E-state index in [0.29, 0.717) is 5.00 Å². The van der Waals surface area contributed by atoms with E-state index in [9.17, 15) is 4.79 Å². The van der Waals surface area contributed by atoms with Crippen LogP contribution in [0.1, 0.15) is 17.4 Å². The third-order valence-corrected chi connectivity index (χ3v) is 3.06. The van der Waals surface area contributed by atoms with Crippen LogP contribution < -0.4 is 10.1 Å². The van der Waals surface area contributed by atoms with E-state index in [2.05, 4.69) is 19.9 Å². The molecule has 8 heteroatoms. The number of nitrogens with one attached hydrogen (secondary N) is 1. The van der Waals surface area contributed by atoms with Gasteiger partial charge in [-0.3, -0.25) is 0 Å². The third kappa shape index (κ3) is 3.99. The Kier molecular flexibility index (Phi) is 5.22. The van der Waals surface area contributed by atoms with Crippen molar-refractivity contribution in [2.24, 2.45) is 4.99 Å². The molecule has 0 spiro atoms. The van der Waals surface area contributed by atoms with E-state index in [-0.39, 0.29) is 12.3 Å². The minimum absolute atomic E-state index is 0.116. The molecule has 0 aliphatic heterocycles. The van der Waals surface area contributed by atoms with Crippen LogP contribution in [0.15, 0.2) is 29.3 Å². The number of ether oxygens (including phenoxy) is 2. The highest BCUT2D eigenvalue weighted by Gasteiger charge is 2.16. The summed E-state index contributed by atoms with van der Waals surface area (Å²) in [6, 6.07) is 7.39. The maximum absolute atomic E-state index is 11.6. The molecular formula is C13H14N4O3S. The van der Waals surface area contributed by atoms with E-state index in [1.807, 2.05) is 24.3 Å². The molecular weight excluding hydrogens is 292 g/mol. The van der Waals surface area contributed by atoms with Crippen molar-refractivity contribution in [3.05, 3.63) is 30.0 Å². The standard InChI is InChI=1S/C13H14N4O3S/c1-3-20-13(18)11-12(21-17-16-11)15-8-14-9-5-4-6-10(7-9)19-2/h4-8H,3H2,1-2H3,(H,14,15). The van der Waals surface area contributed by atoms with Gasteiger partial charge in [-0.05, 0) is 19.1 Å². The van der Waals surface area contributed by atoms with Crippen LogP contribution in [0.3, 0.4) is 0 Å². The van der Waals surface area contributed by atoms with Gasteiger partial charge in [0.1, 0.15) is 5.75 Å². The van der Waals surface area contributed by atoms with Crippen molar-refractivity contribution in [2.75, 3.05) is 19.0 Å². The van der Waals surface area contributed by atoms with E-state index < -0.39 is 5.97 Å². The Labute approximate surface area is 125 Å². The summed E-state index contributed by atoms with van der Waals surface area (Å²) in [7, 11) is 1.60. The van der Waals surface area contributed by atoms with Gasteiger partial charge >= 0.3 is 5.97 Å². The Bertz CT molecular complexity index is 642. The predicted octanol–water partition coefficient (Wildman–Crippen LogP) is 2.50. The van der Waals surface area contributed by atoms with Gasteiger partial charge < -0.3 is 14.8 Å². The highest BCUT2D eigenvalue weighted by Crippen LogP contribution is 2.22. The van der Waals surface area contributed by atoms with Crippen LogP contribution in [0.5, 0.6) is 5.75 Å². The van der Waals surface area contributed by atoms with Crippen LogP contribution in [0.4, 0.5) is 10.7 Å². The average molecular weight is 306 g/mol. The fourth-order valence-corrected chi connectivity index (χ4v) is 1.99. The first kappa shape index (κ1) is 14.9. The molecule has 1 aromatic heterocycles. The first-order chi connectivity index (χ1) is 10.2. The molecule has 0 atom stereocenters. The van der Waals surface area contributed by atoms with Gasteiger partial charge in [-0.2, -0.15) is 0 Å². The van der Waals surface area contributed by atoms with Crippen LogP contribution in [-0.4, -0.2) is 35.6 Å². The molecule has 21 heavy (non-hydrogen) atoms. The Morgan fingerprint density at radius 1 is 1.52 bits per heavy atom. The Morgan fingerprint density at radius 3 is 3.14 bits per heavy atom. The lowest BCUT2D eigenvalue weighted by atomic mass is 10.3. The number of carbonyl (C=O) groups excluding carboxylic acids is 1. The number of hydrogen-bond acceptors (Lipinski definition) is 7. The summed E-state index contributed by atoms with van der Waals surface area (Å²) in [6.07, 6.45) is 1.46. The monoisotopic (exact) mass is 306 g/mol. The van der Waals surface area contributed by atoms with Crippen molar-refractivity contribution < 1.29 is 14.3 Å². The summed E-state index contributed by atoms with van der Waals surface area (Å²) in [4.78, 5) is 15.8. The number of carbonyl (C=O) groups is 1. The summed E-state index contributed by atoms with van der Waals surface area (Å²) >= 11 is 1.02. The van der Waals surface area contributed by atoms with Crippen molar-refractivity contribution in [2.45, 2.75) is 6.92 Å². The van der Waals surface area contributed by atoms with Gasteiger partial charge in [-0.25, -0.2) is 9.79 Å². The highest BCUT2D eigenvalue weighted by molar-refractivity contribution is 7.10. The number of benzene rings is 1. The molecule has 0 bridgehead atoms. The van der Waals surface area contributed by atoms with Crippen molar-refractivity contribution >= 4 is 34.5 Å². The fraction of sp³-hybridized carbons (Fsp3) is 0.231. The van der Waals surface area contributed by atoms with Crippen LogP contribution in [-0.2, 0) is 4.74 Å². The molecule has 0 aliphatic rings. The third-order valence-electron chi connectivity index (χ3n) is 2.42. The van der Waals surface area contributed by atoms with E-state index >= 15 is 0 Å². The number of anilines is 1. The molecule has 7 nitrogen and oxygen atoms in total. The minimum Gasteiger partial charge on any atom is -0.497 e. The Morgan fingerprint density at radius 2 is 2.38 bits per heavy atom. The van der Waals surface area contributed by atoms with E-state index in [1.54, 1.807) is 14.0 Å². The van der Waals surface area contributed by atoms with Gasteiger partial charge in [0.15, 0.2) is 5.00 Å². The summed E-state index contributed by atoms with van der Waals surface area (Å²) in [5.74, 6) is 0.208. The molecule has 0 saturated heterocycles. The average Bonchev–Trinajstić information content (AvgIpc) is 2.96. The second kappa shape index (κ2) is 7.34. The molecule has 0 amide bonds. The van der Waals surface area contributed by atoms with Crippen LogP contribution in [0, 0.1) is 0 Å². The second-order valence-corrected chi connectivity index (χ2v) is 4.51. The minimum atomic E-state index is -0.528. The molecule has 1 N–H and O–H groups in total. The zero-order chi connectivity index (χ0) is 15.1. The lowest BCUT2D eigenvalue weighted by molar-refractivity contribution is 0.0520. The maximum Gasteiger partial charge on any atom is 0.362 e. The number of aromatic nitrogens is 2. The largest absolute Gasteiger partial charge is 0.497 e. The first-order valence-electron chi connectivity index (χ1n) is 6.17. The summed E-state index contributed by atoms with van der Waals surface area (Å²) < 4.78 is 13.7. The van der Waals surface area contributed by atoms with Gasteiger partial charge in [-0.15, -0.1) is 5.10 Å². The molecule has 1 heterocycles. The predicted molar refractivity (Wildman–Crippen MR) is 80.6 cm³/mol. The lowest BCUT2D eigenvalue weighted by Crippen LogP contribution is -2.05. The van der Waals surface area contributed by atoms with E-state index in [0.717, 1.165) is 23.0 Å². The van der Waals surface area contributed by atoms with Gasteiger partial charge in [0.25, 0.3) is 0 Å². The maximum atomic E-state index is 11.6. The topological polar surface area (TPSA) is 85.7 Å². The first-order valence-corrected chi connectivity index (χ1v) is 6.94. The number of esters is 1. The summed E-state index contributed by atoms with van der Waals surface area (Å²) in [6.45, 7) is 2.01. The van der Waals surface area contributed by atoms with Gasteiger partial charge in [0.2, 0.25) is 5.69 Å². The molecule has 0 unspecified atom stereocenters. The van der Waals surface area contributed by atoms with Crippen molar-refractivity contribution in [3.63, 3.8) is 0 Å². The quantitative estimate of drug-likeness (QED) is 0.501. The number of nitrogens with zero attached hydrogens (tertiary/aromatic N) is 3. The number of aliphatic imine (C=N–C) groups is 1. The van der Waals surface area contributed by atoms with Crippen LogP contribution in [0.25, 0.3) is 0 Å². The molecule has 1 aromatic carbocycles. The van der Waals surface area contributed by atoms with Gasteiger partial charge in [-0.1, -0.05) is 10.6 Å². The number of methoxy groups -OCH3 is 1. The molecule has 2 aromatic rings. The normalized spacial score (nSPS) is 10.6. The lowest BCUT2D eigenvalue weighted by Gasteiger charge is -2.03. The molecule has 0 aliphatic carbocycles. The van der Waals surface area contributed by atoms with E-state index in [1.165, 1.54) is 6.34 Å². The zero-order valence-electron chi connectivity index (χ0n) is 11.6. The van der Waals surface area contributed by atoms with Crippen LogP contribution >= 0.6 is 11.5 Å². The molecule has 110 valence electrons. The molecule has 0 radical (unpaired) electrons.